The fourth-order valence-electron chi connectivity index (χ4n) is 2.71. The number of pyridine rings is 1. The van der Waals surface area contributed by atoms with Crippen LogP contribution in [0, 0.1) is 0 Å². The molecule has 28 heavy (non-hydrogen) atoms. The third-order valence-electron chi connectivity index (χ3n) is 4.08. The topological polar surface area (TPSA) is 111 Å². The van der Waals surface area contributed by atoms with Crippen molar-refractivity contribution < 1.29 is 25.8 Å². The molecular formula is C16H14Cl2N2O6S2. The highest BCUT2D eigenvalue weighted by atomic mass is 35.5. The Morgan fingerprint density at radius 1 is 1.21 bits per heavy atom. The molecule has 0 fully saturated rings. The van der Waals surface area contributed by atoms with Gasteiger partial charge in [-0.2, -0.15) is 12.7 Å². The Morgan fingerprint density at radius 2 is 1.89 bits per heavy atom. The van der Waals surface area contributed by atoms with E-state index in [4.69, 9.17) is 27.4 Å². The second-order valence-corrected chi connectivity index (χ2v) is 10.8. The van der Waals surface area contributed by atoms with Gasteiger partial charge in [0.2, 0.25) is 5.78 Å². The van der Waals surface area contributed by atoms with Crippen LogP contribution in [0.2, 0.25) is 10.0 Å². The molecule has 0 spiro atoms. The van der Waals surface area contributed by atoms with Gasteiger partial charge >= 0.3 is 10.3 Å². The first-order valence-electron chi connectivity index (χ1n) is 7.75. The predicted octanol–water partition coefficient (Wildman–Crippen LogP) is 2.43. The second kappa shape index (κ2) is 7.27. The molecule has 1 aliphatic heterocycles. The summed E-state index contributed by atoms with van der Waals surface area (Å²) in [5, 5.41) is -2.18. The summed E-state index contributed by atoms with van der Waals surface area (Å²) in [7, 11) is -5.73. The van der Waals surface area contributed by atoms with Gasteiger partial charge in [0, 0.05) is 25.9 Å². The van der Waals surface area contributed by atoms with Crippen LogP contribution in [0.4, 0.5) is 0 Å². The number of nitrogens with zero attached hydrogens (tertiary/aromatic N) is 2. The zero-order valence-electron chi connectivity index (χ0n) is 14.6. The van der Waals surface area contributed by atoms with Gasteiger partial charge in [0.25, 0.3) is 0 Å². The molecule has 0 saturated heterocycles. The standard InChI is InChI=1S/C16H14Cl2N2O6S2/c1-20(2)28(24,25)26-15-11(17)6-5-10(12(15)18)16-14(21)13-9(4-3-7-19-13)8-27(16,22)23/h3-7,16H,8H2,1-2H3. The molecule has 8 nitrogen and oxygen atoms in total. The largest absolute Gasteiger partial charge is 0.384 e. The van der Waals surface area contributed by atoms with E-state index in [9.17, 15) is 21.6 Å². The second-order valence-electron chi connectivity index (χ2n) is 6.17. The number of rotatable bonds is 4. The van der Waals surface area contributed by atoms with Crippen molar-refractivity contribution in [2.24, 2.45) is 0 Å². The molecule has 0 saturated carbocycles. The van der Waals surface area contributed by atoms with Gasteiger partial charge < -0.3 is 4.18 Å². The molecule has 0 bridgehead atoms. The quantitative estimate of drug-likeness (QED) is 0.682. The summed E-state index contributed by atoms with van der Waals surface area (Å²) in [4.78, 5) is 16.9. The van der Waals surface area contributed by atoms with E-state index in [1.807, 2.05) is 0 Å². The minimum Gasteiger partial charge on any atom is -0.368 e. The third-order valence-corrected chi connectivity index (χ3v) is 7.93. The molecule has 0 radical (unpaired) electrons. The van der Waals surface area contributed by atoms with Gasteiger partial charge in [-0.1, -0.05) is 35.3 Å². The van der Waals surface area contributed by atoms with Gasteiger partial charge in [-0.3, -0.25) is 9.78 Å². The monoisotopic (exact) mass is 464 g/mol. The molecule has 3 rings (SSSR count). The smallest absolute Gasteiger partial charge is 0.368 e. The Kier molecular flexibility index (Phi) is 5.45. The van der Waals surface area contributed by atoms with Gasteiger partial charge in [0.15, 0.2) is 20.8 Å². The lowest BCUT2D eigenvalue weighted by atomic mass is 10.0. The van der Waals surface area contributed by atoms with Gasteiger partial charge in [0.05, 0.1) is 15.8 Å². The van der Waals surface area contributed by atoms with E-state index in [-0.39, 0.29) is 21.3 Å². The van der Waals surface area contributed by atoms with Crippen LogP contribution in [-0.4, -0.2) is 46.0 Å². The van der Waals surface area contributed by atoms with Gasteiger partial charge in [0.1, 0.15) is 5.69 Å². The minimum atomic E-state index is -4.22. The number of fused-ring (bicyclic) bond motifs is 1. The third kappa shape index (κ3) is 3.62. The summed E-state index contributed by atoms with van der Waals surface area (Å²) in [5.41, 5.74) is 0.188. The van der Waals surface area contributed by atoms with E-state index >= 15 is 0 Å². The highest BCUT2D eigenvalue weighted by Crippen LogP contribution is 2.44. The molecule has 1 unspecified atom stereocenters. The lowest BCUT2D eigenvalue weighted by molar-refractivity contribution is 0.0979. The molecule has 1 aromatic carbocycles. The lowest BCUT2D eigenvalue weighted by Crippen LogP contribution is -2.31. The Balaban J connectivity index is 2.17. The predicted molar refractivity (Wildman–Crippen MR) is 104 cm³/mol. The van der Waals surface area contributed by atoms with Crippen LogP contribution in [-0.2, 0) is 25.9 Å². The van der Waals surface area contributed by atoms with Crippen molar-refractivity contribution in [2.75, 3.05) is 14.1 Å². The fourth-order valence-corrected chi connectivity index (χ4v) is 5.81. The Hall–Kier alpha value is -1.72. The van der Waals surface area contributed by atoms with E-state index in [1.54, 1.807) is 0 Å². The first-order chi connectivity index (χ1) is 13.0. The molecule has 12 heteroatoms. The molecule has 0 N–H and O–H groups in total. The molecule has 1 atom stereocenters. The molecule has 1 aromatic heterocycles. The first-order valence-corrected chi connectivity index (χ1v) is 11.6. The Morgan fingerprint density at radius 3 is 2.54 bits per heavy atom. The van der Waals surface area contributed by atoms with Crippen molar-refractivity contribution in [3.8, 4) is 5.75 Å². The van der Waals surface area contributed by atoms with E-state index < -0.39 is 42.7 Å². The summed E-state index contributed by atoms with van der Waals surface area (Å²) in [6.07, 6.45) is 1.38. The fraction of sp³-hybridized carbons (Fsp3) is 0.250. The van der Waals surface area contributed by atoms with Crippen LogP contribution in [0.25, 0.3) is 0 Å². The Labute approximate surface area is 172 Å². The van der Waals surface area contributed by atoms with Crippen molar-refractivity contribution >= 4 is 49.1 Å². The number of hydrogen-bond donors (Lipinski definition) is 0. The number of benzene rings is 1. The van der Waals surface area contributed by atoms with Crippen LogP contribution < -0.4 is 4.18 Å². The van der Waals surface area contributed by atoms with Gasteiger partial charge in [-0.25, -0.2) is 8.42 Å². The van der Waals surface area contributed by atoms with Crippen molar-refractivity contribution in [3.05, 3.63) is 57.3 Å². The average Bonchev–Trinajstić information content (AvgIpc) is 2.59. The number of halogens is 2. The van der Waals surface area contributed by atoms with Gasteiger partial charge in [-0.05, 0) is 17.7 Å². The molecule has 2 heterocycles. The summed E-state index contributed by atoms with van der Waals surface area (Å²) >= 11 is 12.2. The molecule has 150 valence electrons. The normalized spacial score (nSPS) is 18.8. The highest BCUT2D eigenvalue weighted by Gasteiger charge is 2.43. The lowest BCUT2D eigenvalue weighted by Gasteiger charge is -2.24. The van der Waals surface area contributed by atoms with Crippen LogP contribution in [0.15, 0.2) is 30.5 Å². The maximum absolute atomic E-state index is 12.9. The SMILES string of the molecule is CN(C)S(=O)(=O)Oc1c(Cl)ccc(C2C(=O)c3ncccc3CS2(=O)=O)c1Cl. The maximum atomic E-state index is 12.9. The number of sulfone groups is 1. The molecular weight excluding hydrogens is 451 g/mol. The summed E-state index contributed by atoms with van der Waals surface area (Å²) in [6, 6.07) is 5.53. The maximum Gasteiger partial charge on any atom is 0.384 e. The number of hydrogen-bond acceptors (Lipinski definition) is 7. The number of carbonyl (C=O) groups is 1. The number of ketones is 1. The van der Waals surface area contributed by atoms with Crippen LogP contribution in [0.5, 0.6) is 5.75 Å². The van der Waals surface area contributed by atoms with E-state index in [0.29, 0.717) is 5.56 Å². The van der Waals surface area contributed by atoms with Crippen molar-refractivity contribution in [1.82, 2.24) is 9.29 Å². The summed E-state index contributed by atoms with van der Waals surface area (Å²) in [6.45, 7) is 0. The van der Waals surface area contributed by atoms with E-state index in [2.05, 4.69) is 4.98 Å². The number of aromatic nitrogens is 1. The zero-order valence-corrected chi connectivity index (χ0v) is 17.7. The summed E-state index contributed by atoms with van der Waals surface area (Å²) in [5.74, 6) is -1.62. The molecule has 2 aromatic rings. The van der Waals surface area contributed by atoms with Crippen LogP contribution >= 0.6 is 23.2 Å². The van der Waals surface area contributed by atoms with Crippen LogP contribution in [0.3, 0.4) is 0 Å². The van der Waals surface area contributed by atoms with Crippen molar-refractivity contribution in [1.29, 1.82) is 0 Å². The minimum absolute atomic E-state index is 0.0247. The molecule has 1 aliphatic rings. The van der Waals surface area contributed by atoms with E-state index in [0.717, 1.165) is 4.31 Å². The number of carbonyl (C=O) groups excluding carboxylic acids is 1. The van der Waals surface area contributed by atoms with Crippen LogP contribution in [0.1, 0.15) is 26.9 Å². The van der Waals surface area contributed by atoms with Crippen molar-refractivity contribution in [3.63, 3.8) is 0 Å². The molecule has 0 amide bonds. The first kappa shape index (κ1) is 21.0. The highest BCUT2D eigenvalue weighted by molar-refractivity contribution is 7.91. The van der Waals surface area contributed by atoms with Crippen molar-refractivity contribution in [2.45, 2.75) is 11.0 Å². The zero-order chi connectivity index (χ0) is 20.9. The molecule has 0 aliphatic carbocycles. The van der Waals surface area contributed by atoms with E-state index in [1.165, 1.54) is 44.6 Å². The Bertz CT molecular complexity index is 1180. The van der Waals surface area contributed by atoms with Gasteiger partial charge in [-0.15, -0.1) is 0 Å². The summed E-state index contributed by atoms with van der Waals surface area (Å²) < 4.78 is 55.4. The number of Topliss-reactive ketones (excluding diaryl/α,β-unsaturated/α-hetero) is 1. The average molecular weight is 465 g/mol.